The highest BCUT2D eigenvalue weighted by atomic mass is 32.2. The lowest BCUT2D eigenvalue weighted by Crippen LogP contribution is -2.39. The Kier molecular flexibility index (Phi) is 17.3. The van der Waals surface area contributed by atoms with Gasteiger partial charge in [0.15, 0.2) is 0 Å². The summed E-state index contributed by atoms with van der Waals surface area (Å²) in [6, 6.07) is 0. The molecule has 0 aromatic heterocycles. The summed E-state index contributed by atoms with van der Waals surface area (Å²) >= 11 is 0. The van der Waals surface area contributed by atoms with Crippen LogP contribution in [0.4, 0.5) is 0 Å². The lowest BCUT2D eigenvalue weighted by molar-refractivity contribution is 0.459. The molecule has 1 aliphatic heterocycles. The number of nitrogens with zero attached hydrogens (tertiary/aromatic N) is 5. The molecule has 6 rings (SSSR count). The first kappa shape index (κ1) is 50.1. The second-order valence-electron chi connectivity index (χ2n) is 15.3. The first-order valence-corrected chi connectivity index (χ1v) is 28.5. The van der Waals surface area contributed by atoms with Crippen LogP contribution in [0.2, 0.25) is 0 Å². The van der Waals surface area contributed by atoms with Gasteiger partial charge in [0.25, 0.3) is 0 Å². The van der Waals surface area contributed by atoms with Gasteiger partial charge in [0.2, 0.25) is 50.1 Å². The van der Waals surface area contributed by atoms with E-state index in [-0.39, 0.29) is 65.4 Å². The molecule has 0 saturated heterocycles. The highest BCUT2D eigenvalue weighted by Crippen LogP contribution is 2.22. The Morgan fingerprint density at radius 3 is 0.431 bits per heavy atom. The second kappa shape index (κ2) is 22.4. The van der Waals surface area contributed by atoms with Gasteiger partial charge in [-0.25, -0.2) is 42.1 Å². The molecule has 0 fully saturated rings. The van der Waals surface area contributed by atoms with Crippen molar-refractivity contribution in [1.82, 2.24) is 21.5 Å². The Balaban J connectivity index is 1.34. The van der Waals surface area contributed by atoms with E-state index in [2.05, 4.69) is 0 Å². The van der Waals surface area contributed by atoms with Gasteiger partial charge < -0.3 is 0 Å². The number of hydrogen-bond acceptors (Lipinski definition) is 10. The molecule has 0 aromatic rings. The number of sulfonamides is 5. The fraction of sp³-hybridized carbons (Fsp3) is 0.333. The van der Waals surface area contributed by atoms with Crippen LogP contribution in [0, 0.1) is 0 Å². The predicted molar refractivity (Wildman–Crippen MR) is 259 cm³/mol. The quantitative estimate of drug-likeness (QED) is 0.294. The summed E-state index contributed by atoms with van der Waals surface area (Å²) in [7, 11) is -19.8. The number of allylic oxidation sites excluding steroid dienone is 10. The van der Waals surface area contributed by atoms with E-state index in [1.807, 2.05) is 0 Å². The zero-order valence-electron chi connectivity index (χ0n) is 35.6. The van der Waals surface area contributed by atoms with E-state index in [1.165, 1.54) is 21.5 Å². The third-order valence-electron chi connectivity index (χ3n) is 11.0. The maximum atomic E-state index is 13.9. The predicted octanol–water partition coefficient (Wildman–Crippen LogP) is 3.41. The van der Waals surface area contributed by atoms with Gasteiger partial charge in [-0.05, 0) is 0 Å². The molecule has 0 atom stereocenters. The Morgan fingerprint density at radius 1 is 0.215 bits per heavy atom. The van der Waals surface area contributed by atoms with E-state index in [1.54, 1.807) is 182 Å². The molecule has 0 N–H and O–H groups in total. The molecule has 350 valence electrons. The topological polar surface area (TPSA) is 187 Å². The van der Waals surface area contributed by atoms with Gasteiger partial charge in [-0.2, -0.15) is 21.5 Å². The molecular formula is C45H55N5O10S5. The Bertz CT molecular complexity index is 2230. The zero-order valence-corrected chi connectivity index (χ0v) is 39.7. The molecule has 0 spiro atoms. The van der Waals surface area contributed by atoms with Crippen LogP contribution in [-0.2, 0) is 50.1 Å². The lowest BCUT2D eigenvalue weighted by Gasteiger charge is -2.24. The van der Waals surface area contributed by atoms with E-state index in [4.69, 9.17) is 0 Å². The van der Waals surface area contributed by atoms with E-state index in [0.717, 1.165) is 0 Å². The van der Waals surface area contributed by atoms with E-state index >= 15 is 0 Å². The van der Waals surface area contributed by atoms with Crippen molar-refractivity contribution in [1.29, 1.82) is 0 Å². The minimum atomic E-state index is -3.97. The Labute approximate surface area is 385 Å². The van der Waals surface area contributed by atoms with Gasteiger partial charge in [-0.3, -0.25) is 0 Å². The highest BCUT2D eigenvalue weighted by Gasteiger charge is 2.33. The van der Waals surface area contributed by atoms with E-state index < -0.39 is 76.4 Å². The van der Waals surface area contributed by atoms with Gasteiger partial charge in [-0.1, -0.05) is 182 Å². The van der Waals surface area contributed by atoms with Crippen LogP contribution in [0.15, 0.2) is 182 Å². The molecule has 0 saturated carbocycles. The Morgan fingerprint density at radius 2 is 0.323 bits per heavy atom. The first-order valence-electron chi connectivity index (χ1n) is 21.0. The molecule has 0 aromatic carbocycles. The van der Waals surface area contributed by atoms with Gasteiger partial charge in [-0.15, -0.1) is 0 Å². The summed E-state index contributed by atoms with van der Waals surface area (Å²) < 4.78 is 145. The number of rotatable bonds is 10. The molecule has 1 heterocycles. The molecule has 0 unspecified atom stereocenters. The molecule has 6 aliphatic rings. The molecule has 0 amide bonds. The fourth-order valence-corrected chi connectivity index (χ4v) is 14.8. The van der Waals surface area contributed by atoms with Gasteiger partial charge >= 0.3 is 0 Å². The second-order valence-corrected chi connectivity index (χ2v) is 25.8. The zero-order chi connectivity index (χ0) is 46.6. The standard InChI is InChI=1S/C45H55N5O10S5/c51-61(52,41-21-1-2-22-41)46-31-11-13-33-47(62(53,54)42-23-3-4-24-42)35-15-17-37-49(64(57,58)44-27-7-8-28-44)39-19-20-40-50(65(59,60)45-29-9-10-30-45)38-18-16-36-48(34-14-12-32-46)63(55,56)43-25-5-6-26-43/h1-30,41-45H,31-40H2/b13-11+,14-12+,17-15+,18-16+,20-19+. The smallest absolute Gasteiger partial charge is 0.211 e. The molecular weight excluding hydrogens is 931 g/mol. The van der Waals surface area contributed by atoms with E-state index in [9.17, 15) is 42.1 Å². The molecule has 15 nitrogen and oxygen atoms in total. The summed E-state index contributed by atoms with van der Waals surface area (Å²) in [5.74, 6) is 0. The van der Waals surface area contributed by atoms with Crippen LogP contribution < -0.4 is 0 Å². The highest BCUT2D eigenvalue weighted by molar-refractivity contribution is 7.91. The van der Waals surface area contributed by atoms with Crippen molar-refractivity contribution in [3.05, 3.63) is 182 Å². The molecule has 20 heteroatoms. The molecule has 5 aliphatic carbocycles. The minimum absolute atomic E-state index is 0.128. The van der Waals surface area contributed by atoms with Crippen LogP contribution in [0.25, 0.3) is 0 Å². The molecule has 65 heavy (non-hydrogen) atoms. The van der Waals surface area contributed by atoms with Gasteiger partial charge in [0, 0.05) is 65.4 Å². The summed E-state index contributed by atoms with van der Waals surface area (Å²) in [6.45, 7) is -1.28. The maximum absolute atomic E-state index is 13.9. The normalized spacial score (nSPS) is 25.8. The van der Waals surface area contributed by atoms with Crippen molar-refractivity contribution in [2.24, 2.45) is 0 Å². The summed E-state index contributed by atoms with van der Waals surface area (Å²) in [4.78, 5) is 0. The third kappa shape index (κ3) is 12.6. The van der Waals surface area contributed by atoms with Crippen LogP contribution in [0.3, 0.4) is 0 Å². The average molecular weight is 986 g/mol. The van der Waals surface area contributed by atoms with Gasteiger partial charge in [0.1, 0.15) is 26.2 Å². The lowest BCUT2D eigenvalue weighted by atomic mass is 10.4. The Hall–Kier alpha value is -4.35. The van der Waals surface area contributed by atoms with E-state index in [0.29, 0.717) is 0 Å². The third-order valence-corrected chi connectivity index (χ3v) is 21.1. The average Bonchev–Trinajstić information content (AvgIpc) is 4.12. The SMILES string of the molecule is O=S(=O)(C1C=CC=C1)N1C/C=C/CN(S(=O)(=O)C2C=CC=C2)C/C=C/CN(S(=O)(=O)C2C=CC=C2)C/C=C/CN(S(=O)(=O)C2C=CC=C2)C/C=C/CN(S(=O)(=O)C2C=CC=C2)C/C=C/C1. The van der Waals surface area contributed by atoms with Crippen molar-refractivity contribution in [2.75, 3.05) is 65.4 Å². The summed E-state index contributed by atoms with van der Waals surface area (Å²) in [5.41, 5.74) is 0. The maximum Gasteiger partial charge on any atom is 0.224 e. The monoisotopic (exact) mass is 985 g/mol. The number of hydrogen-bond donors (Lipinski definition) is 0. The van der Waals surface area contributed by atoms with Crippen LogP contribution in [-0.4, -0.2) is 155 Å². The van der Waals surface area contributed by atoms with Crippen molar-refractivity contribution in [3.8, 4) is 0 Å². The van der Waals surface area contributed by atoms with Crippen molar-refractivity contribution < 1.29 is 42.1 Å². The first-order chi connectivity index (χ1) is 31.1. The van der Waals surface area contributed by atoms with Crippen LogP contribution in [0.5, 0.6) is 0 Å². The largest absolute Gasteiger partial charge is 0.224 e. The van der Waals surface area contributed by atoms with Crippen LogP contribution >= 0.6 is 0 Å². The molecule has 0 bridgehead atoms. The van der Waals surface area contributed by atoms with Crippen molar-refractivity contribution in [3.63, 3.8) is 0 Å². The van der Waals surface area contributed by atoms with Crippen molar-refractivity contribution >= 4 is 50.1 Å². The molecule has 0 radical (unpaired) electrons. The van der Waals surface area contributed by atoms with Crippen molar-refractivity contribution in [2.45, 2.75) is 26.2 Å². The minimum Gasteiger partial charge on any atom is -0.211 e. The fourth-order valence-electron chi connectivity index (χ4n) is 7.24. The summed E-state index contributed by atoms with van der Waals surface area (Å²) in [6.07, 6.45) is 47.4. The van der Waals surface area contributed by atoms with Gasteiger partial charge in [0.05, 0.1) is 0 Å². The van der Waals surface area contributed by atoms with Crippen LogP contribution in [0.1, 0.15) is 0 Å². The summed E-state index contributed by atoms with van der Waals surface area (Å²) in [5, 5.41) is -4.68.